The van der Waals surface area contributed by atoms with Gasteiger partial charge in [-0.3, -0.25) is 0 Å². The maximum absolute atomic E-state index is 12.9. The zero-order chi connectivity index (χ0) is 14.8. The van der Waals surface area contributed by atoms with Gasteiger partial charge in [0.05, 0.1) is 4.90 Å². The molecule has 2 aromatic carbocycles. The van der Waals surface area contributed by atoms with Crippen LogP contribution in [0.1, 0.15) is 10.8 Å². The Bertz CT molecular complexity index is 701. The highest BCUT2D eigenvalue weighted by Crippen LogP contribution is 2.32. The fraction of sp³-hybridized carbons (Fsp3) is 0.143. The predicted molar refractivity (Wildman–Crippen MR) is 76.8 cm³/mol. The average Bonchev–Trinajstić information content (AvgIpc) is 2.42. The van der Waals surface area contributed by atoms with Crippen molar-refractivity contribution in [3.63, 3.8) is 0 Å². The summed E-state index contributed by atoms with van der Waals surface area (Å²) in [5.74, 6) is -0.494. The van der Waals surface area contributed by atoms with E-state index in [1.54, 1.807) is 24.3 Å². The lowest BCUT2D eigenvalue weighted by molar-refractivity contribution is 0.581. The summed E-state index contributed by atoms with van der Waals surface area (Å²) in [7, 11) is -3.72. The topological polar surface area (TPSA) is 60.2 Å². The van der Waals surface area contributed by atoms with Crippen LogP contribution in [0.4, 0.5) is 4.39 Å². The maximum Gasteiger partial charge on any atom is 0.186 e. The first-order valence-corrected chi connectivity index (χ1v) is 7.83. The zero-order valence-corrected chi connectivity index (χ0v) is 12.0. The third kappa shape index (κ3) is 2.85. The van der Waals surface area contributed by atoms with Crippen LogP contribution in [0, 0.1) is 5.82 Å². The summed E-state index contributed by atoms with van der Waals surface area (Å²) in [6.07, 6.45) is 0. The van der Waals surface area contributed by atoms with Crippen LogP contribution in [0.2, 0.25) is 5.02 Å². The quantitative estimate of drug-likeness (QED) is 0.883. The summed E-state index contributed by atoms with van der Waals surface area (Å²) in [6.45, 7) is -0.108. The van der Waals surface area contributed by atoms with Crippen LogP contribution in [0.3, 0.4) is 0 Å². The number of halogens is 2. The van der Waals surface area contributed by atoms with Crippen molar-refractivity contribution in [1.82, 2.24) is 0 Å². The van der Waals surface area contributed by atoms with Gasteiger partial charge in [0.2, 0.25) is 0 Å². The second-order valence-corrected chi connectivity index (χ2v) is 6.78. The Kier molecular flexibility index (Phi) is 4.42. The first-order chi connectivity index (χ1) is 9.46. The Morgan fingerprint density at radius 3 is 2.25 bits per heavy atom. The number of hydrogen-bond donors (Lipinski definition) is 1. The smallest absolute Gasteiger partial charge is 0.186 e. The highest BCUT2D eigenvalue weighted by Gasteiger charge is 2.29. The number of benzene rings is 2. The second-order valence-electron chi connectivity index (χ2n) is 4.24. The van der Waals surface area contributed by atoms with E-state index in [0.717, 1.165) is 12.1 Å². The monoisotopic (exact) mass is 313 g/mol. The Balaban J connectivity index is 2.51. The number of hydrogen-bond acceptors (Lipinski definition) is 3. The molecule has 0 unspecified atom stereocenters. The second kappa shape index (κ2) is 5.91. The van der Waals surface area contributed by atoms with Crippen molar-refractivity contribution >= 4 is 21.4 Å². The van der Waals surface area contributed by atoms with E-state index in [-0.39, 0.29) is 11.4 Å². The molecule has 20 heavy (non-hydrogen) atoms. The Morgan fingerprint density at radius 1 is 1.10 bits per heavy atom. The van der Waals surface area contributed by atoms with E-state index < -0.39 is 20.9 Å². The highest BCUT2D eigenvalue weighted by atomic mass is 35.5. The van der Waals surface area contributed by atoms with Crippen LogP contribution in [0.5, 0.6) is 0 Å². The summed E-state index contributed by atoms with van der Waals surface area (Å²) < 4.78 is 38.0. The Labute approximate surface area is 122 Å². The fourth-order valence-electron chi connectivity index (χ4n) is 1.95. The lowest BCUT2D eigenvalue weighted by Crippen LogP contribution is -2.22. The van der Waals surface area contributed by atoms with E-state index in [0.29, 0.717) is 10.6 Å². The highest BCUT2D eigenvalue weighted by molar-refractivity contribution is 7.91. The van der Waals surface area contributed by atoms with Crippen LogP contribution in [-0.2, 0) is 9.84 Å². The maximum atomic E-state index is 12.9. The van der Waals surface area contributed by atoms with Gasteiger partial charge in [-0.25, -0.2) is 12.8 Å². The molecule has 0 saturated carbocycles. The molecule has 0 heterocycles. The van der Waals surface area contributed by atoms with Gasteiger partial charge in [-0.05, 0) is 35.9 Å². The molecule has 0 saturated heterocycles. The third-order valence-corrected chi connectivity index (χ3v) is 5.45. The van der Waals surface area contributed by atoms with Gasteiger partial charge in [-0.2, -0.15) is 0 Å². The SMILES string of the molecule is NC[C@@H](c1ccccc1Cl)S(=O)(=O)c1ccc(F)cc1. The van der Waals surface area contributed by atoms with Crippen molar-refractivity contribution in [3.05, 3.63) is 64.9 Å². The van der Waals surface area contributed by atoms with E-state index in [2.05, 4.69) is 0 Å². The molecule has 0 aromatic heterocycles. The van der Waals surface area contributed by atoms with Crippen molar-refractivity contribution in [2.75, 3.05) is 6.54 Å². The van der Waals surface area contributed by atoms with E-state index in [4.69, 9.17) is 17.3 Å². The Morgan fingerprint density at radius 2 is 1.70 bits per heavy atom. The molecule has 106 valence electrons. The summed E-state index contributed by atoms with van der Waals surface area (Å²) in [6, 6.07) is 11.3. The largest absolute Gasteiger partial charge is 0.329 e. The third-order valence-electron chi connectivity index (χ3n) is 2.98. The van der Waals surface area contributed by atoms with Crippen LogP contribution < -0.4 is 5.73 Å². The summed E-state index contributed by atoms with van der Waals surface area (Å²) >= 11 is 6.04. The van der Waals surface area contributed by atoms with Crippen LogP contribution >= 0.6 is 11.6 Å². The molecule has 2 N–H and O–H groups in total. The lowest BCUT2D eigenvalue weighted by atomic mass is 10.1. The first-order valence-electron chi connectivity index (χ1n) is 5.91. The summed E-state index contributed by atoms with van der Waals surface area (Å²) in [5, 5.41) is -0.615. The molecule has 0 spiro atoms. The van der Waals surface area contributed by atoms with Gasteiger partial charge in [0.1, 0.15) is 11.1 Å². The number of sulfone groups is 1. The lowest BCUT2D eigenvalue weighted by Gasteiger charge is -2.17. The average molecular weight is 314 g/mol. The fourth-order valence-corrected chi connectivity index (χ4v) is 3.91. The molecule has 0 amide bonds. The minimum Gasteiger partial charge on any atom is -0.329 e. The van der Waals surface area contributed by atoms with Crippen molar-refractivity contribution in [2.24, 2.45) is 5.73 Å². The molecule has 0 bridgehead atoms. The number of nitrogens with two attached hydrogens (primary N) is 1. The van der Waals surface area contributed by atoms with Crippen molar-refractivity contribution in [1.29, 1.82) is 0 Å². The van der Waals surface area contributed by atoms with Crippen molar-refractivity contribution in [2.45, 2.75) is 10.1 Å². The van der Waals surface area contributed by atoms with E-state index >= 15 is 0 Å². The van der Waals surface area contributed by atoms with Crippen molar-refractivity contribution in [3.8, 4) is 0 Å². The van der Waals surface area contributed by atoms with Gasteiger partial charge in [0, 0.05) is 11.6 Å². The van der Waals surface area contributed by atoms with Gasteiger partial charge in [-0.15, -0.1) is 0 Å². The minimum absolute atomic E-state index is 0.0225. The minimum atomic E-state index is -3.72. The summed E-state index contributed by atoms with van der Waals surface area (Å²) in [5.41, 5.74) is 6.06. The molecule has 0 radical (unpaired) electrons. The van der Waals surface area contributed by atoms with Gasteiger partial charge in [0.15, 0.2) is 9.84 Å². The molecular weight excluding hydrogens is 301 g/mol. The normalized spacial score (nSPS) is 13.2. The van der Waals surface area contributed by atoms with E-state index in [9.17, 15) is 12.8 Å². The molecule has 0 aliphatic heterocycles. The molecule has 1 atom stereocenters. The van der Waals surface area contributed by atoms with Crippen LogP contribution in [-0.4, -0.2) is 15.0 Å². The molecule has 2 rings (SSSR count). The van der Waals surface area contributed by atoms with E-state index in [1.807, 2.05) is 0 Å². The molecule has 0 fully saturated rings. The molecule has 3 nitrogen and oxygen atoms in total. The molecule has 0 aliphatic carbocycles. The van der Waals surface area contributed by atoms with Crippen molar-refractivity contribution < 1.29 is 12.8 Å². The molecule has 0 aliphatic rings. The van der Waals surface area contributed by atoms with Crippen LogP contribution in [0.15, 0.2) is 53.4 Å². The predicted octanol–water partition coefficient (Wildman–Crippen LogP) is 2.95. The molecular formula is C14H13ClFNO2S. The van der Waals surface area contributed by atoms with E-state index in [1.165, 1.54) is 12.1 Å². The number of rotatable bonds is 4. The first kappa shape index (κ1) is 15.0. The molecule has 6 heteroatoms. The zero-order valence-electron chi connectivity index (χ0n) is 10.5. The molecule has 2 aromatic rings. The Hall–Kier alpha value is -1.43. The van der Waals surface area contributed by atoms with Gasteiger partial charge in [-0.1, -0.05) is 29.8 Å². The summed E-state index contributed by atoms with van der Waals surface area (Å²) in [4.78, 5) is 0.0225. The van der Waals surface area contributed by atoms with Gasteiger partial charge in [0.25, 0.3) is 0 Å². The van der Waals surface area contributed by atoms with Gasteiger partial charge >= 0.3 is 0 Å². The van der Waals surface area contributed by atoms with Gasteiger partial charge < -0.3 is 5.73 Å². The van der Waals surface area contributed by atoms with Crippen LogP contribution in [0.25, 0.3) is 0 Å². The standard InChI is InChI=1S/C14H13ClFNO2S/c15-13-4-2-1-3-12(13)14(9-17)20(18,19)11-7-5-10(16)6-8-11/h1-8,14H,9,17H2/t14-/m0/s1.